The molecule has 1 unspecified atom stereocenters. The molecule has 0 aliphatic carbocycles. The highest BCUT2D eigenvalue weighted by atomic mass is 16.2. The van der Waals surface area contributed by atoms with Crippen LogP contribution in [0.1, 0.15) is 27.2 Å². The van der Waals surface area contributed by atoms with Gasteiger partial charge in [0.15, 0.2) is 0 Å². The summed E-state index contributed by atoms with van der Waals surface area (Å²) in [6, 6.07) is 0.479. The van der Waals surface area contributed by atoms with E-state index < -0.39 is 5.41 Å². The van der Waals surface area contributed by atoms with Crippen LogP contribution in [0.4, 0.5) is 0 Å². The molecule has 1 heterocycles. The molecular formula is C12H26N4O. The van der Waals surface area contributed by atoms with Crippen LogP contribution in [-0.2, 0) is 4.79 Å². The Hall–Kier alpha value is -0.650. The van der Waals surface area contributed by atoms with Gasteiger partial charge in [0, 0.05) is 19.1 Å². The molecule has 1 fully saturated rings. The molecule has 1 atom stereocenters. The molecule has 0 saturated carbocycles. The van der Waals surface area contributed by atoms with E-state index in [2.05, 4.69) is 29.2 Å². The molecule has 0 aromatic rings. The van der Waals surface area contributed by atoms with Crippen LogP contribution in [0, 0.1) is 5.41 Å². The second-order valence-electron chi connectivity index (χ2n) is 5.79. The van der Waals surface area contributed by atoms with Gasteiger partial charge in [-0.05, 0) is 47.3 Å². The van der Waals surface area contributed by atoms with E-state index in [1.54, 1.807) is 0 Å². The number of nitrogens with one attached hydrogen (secondary N) is 1. The largest absolute Gasteiger partial charge is 0.305 e. The molecule has 1 aliphatic heterocycles. The topological polar surface area (TPSA) is 61.6 Å². The first-order valence-electron chi connectivity index (χ1n) is 6.30. The van der Waals surface area contributed by atoms with Crippen molar-refractivity contribution < 1.29 is 4.79 Å². The van der Waals surface area contributed by atoms with Crippen molar-refractivity contribution in [2.75, 3.05) is 33.2 Å². The number of nitrogens with zero attached hydrogens (tertiary/aromatic N) is 2. The van der Waals surface area contributed by atoms with Crippen molar-refractivity contribution in [3.8, 4) is 0 Å². The van der Waals surface area contributed by atoms with Crippen molar-refractivity contribution in [2.45, 2.75) is 33.2 Å². The van der Waals surface area contributed by atoms with Gasteiger partial charge in [0.1, 0.15) is 0 Å². The van der Waals surface area contributed by atoms with Gasteiger partial charge in [-0.3, -0.25) is 15.1 Å². The van der Waals surface area contributed by atoms with Crippen LogP contribution in [0.25, 0.3) is 0 Å². The third-order valence-electron chi connectivity index (χ3n) is 3.53. The average Bonchev–Trinajstić information content (AvgIpc) is 2.39. The van der Waals surface area contributed by atoms with Gasteiger partial charge in [0.2, 0.25) is 5.91 Å². The van der Waals surface area contributed by atoms with E-state index in [1.165, 1.54) is 0 Å². The predicted molar refractivity (Wildman–Crippen MR) is 69.3 cm³/mol. The minimum Gasteiger partial charge on any atom is -0.305 e. The lowest BCUT2D eigenvalue weighted by atomic mass is 9.91. The zero-order valence-electron chi connectivity index (χ0n) is 11.5. The summed E-state index contributed by atoms with van der Waals surface area (Å²) in [5, 5.41) is 0. The molecule has 0 aromatic heterocycles. The molecule has 5 heteroatoms. The van der Waals surface area contributed by atoms with Crippen LogP contribution in [0.2, 0.25) is 0 Å². The Labute approximate surface area is 104 Å². The number of carbonyl (C=O) groups excluding carboxylic acids is 1. The zero-order chi connectivity index (χ0) is 13.1. The molecule has 17 heavy (non-hydrogen) atoms. The van der Waals surface area contributed by atoms with Crippen molar-refractivity contribution in [3.05, 3.63) is 0 Å². The molecule has 0 aromatic carbocycles. The van der Waals surface area contributed by atoms with Gasteiger partial charge < -0.3 is 4.90 Å². The van der Waals surface area contributed by atoms with Gasteiger partial charge >= 0.3 is 0 Å². The van der Waals surface area contributed by atoms with Gasteiger partial charge in [-0.15, -0.1) is 0 Å². The molecule has 1 saturated heterocycles. The summed E-state index contributed by atoms with van der Waals surface area (Å²) in [5.74, 6) is 5.13. The van der Waals surface area contributed by atoms with Crippen molar-refractivity contribution in [2.24, 2.45) is 11.3 Å². The maximum atomic E-state index is 11.7. The minimum atomic E-state index is -0.439. The molecule has 1 rings (SSSR count). The number of amides is 1. The van der Waals surface area contributed by atoms with Gasteiger partial charge in [-0.25, -0.2) is 5.84 Å². The quantitative estimate of drug-likeness (QED) is 0.416. The molecule has 3 N–H and O–H groups in total. The van der Waals surface area contributed by atoms with Gasteiger partial charge in [-0.2, -0.15) is 0 Å². The van der Waals surface area contributed by atoms with Crippen LogP contribution >= 0.6 is 0 Å². The van der Waals surface area contributed by atoms with E-state index in [1.807, 2.05) is 13.8 Å². The molecule has 100 valence electrons. The Bertz CT molecular complexity index is 267. The molecule has 1 amide bonds. The first-order chi connectivity index (χ1) is 7.86. The lowest BCUT2D eigenvalue weighted by molar-refractivity contribution is -0.130. The smallest absolute Gasteiger partial charge is 0.240 e. The Morgan fingerprint density at radius 2 is 2.12 bits per heavy atom. The fourth-order valence-corrected chi connectivity index (χ4v) is 2.43. The lowest BCUT2D eigenvalue weighted by Crippen LogP contribution is -2.50. The molecule has 0 bridgehead atoms. The van der Waals surface area contributed by atoms with Crippen LogP contribution in [0.5, 0.6) is 0 Å². The Morgan fingerprint density at radius 1 is 1.47 bits per heavy atom. The van der Waals surface area contributed by atoms with Crippen LogP contribution in [0.3, 0.4) is 0 Å². The fraction of sp³-hybridized carbons (Fsp3) is 0.917. The van der Waals surface area contributed by atoms with E-state index >= 15 is 0 Å². The number of nitrogens with two attached hydrogens (primary N) is 1. The maximum absolute atomic E-state index is 11.7. The Kier molecular flexibility index (Phi) is 4.91. The first kappa shape index (κ1) is 14.4. The SMILES string of the molecule is CC1CN(C)CCCN1CC(C)(C)C(=O)NN. The van der Waals surface area contributed by atoms with E-state index in [9.17, 15) is 4.79 Å². The van der Waals surface area contributed by atoms with Crippen molar-refractivity contribution >= 4 is 5.91 Å². The number of likely N-dealkylation sites (N-methyl/N-ethyl adjacent to an activating group) is 1. The van der Waals surface area contributed by atoms with Gasteiger partial charge in [-0.1, -0.05) is 0 Å². The molecule has 5 nitrogen and oxygen atoms in total. The fourth-order valence-electron chi connectivity index (χ4n) is 2.43. The normalized spacial score (nSPS) is 24.4. The zero-order valence-corrected chi connectivity index (χ0v) is 11.5. The predicted octanol–water partition coefficient (Wildman–Crippen LogP) is 0.0285. The van der Waals surface area contributed by atoms with E-state index in [4.69, 9.17) is 5.84 Å². The number of hydrogen-bond acceptors (Lipinski definition) is 4. The number of carbonyl (C=O) groups is 1. The lowest BCUT2D eigenvalue weighted by Gasteiger charge is -2.34. The van der Waals surface area contributed by atoms with Crippen molar-refractivity contribution in [1.82, 2.24) is 15.2 Å². The first-order valence-corrected chi connectivity index (χ1v) is 6.30. The maximum Gasteiger partial charge on any atom is 0.240 e. The second kappa shape index (κ2) is 5.80. The minimum absolute atomic E-state index is 0.0951. The van der Waals surface area contributed by atoms with Crippen LogP contribution in [-0.4, -0.2) is 55.0 Å². The van der Waals surface area contributed by atoms with Crippen molar-refractivity contribution in [3.63, 3.8) is 0 Å². The second-order valence-corrected chi connectivity index (χ2v) is 5.79. The highest BCUT2D eigenvalue weighted by Gasteiger charge is 2.32. The molecule has 1 aliphatic rings. The summed E-state index contributed by atoms with van der Waals surface area (Å²) in [4.78, 5) is 16.4. The summed E-state index contributed by atoms with van der Waals surface area (Å²) in [5.41, 5.74) is 1.82. The Morgan fingerprint density at radius 3 is 2.71 bits per heavy atom. The summed E-state index contributed by atoms with van der Waals surface area (Å²) < 4.78 is 0. The number of rotatable bonds is 3. The van der Waals surface area contributed by atoms with Crippen LogP contribution in [0.15, 0.2) is 0 Å². The summed E-state index contributed by atoms with van der Waals surface area (Å²) >= 11 is 0. The summed E-state index contributed by atoms with van der Waals surface area (Å²) in [7, 11) is 2.15. The highest BCUT2D eigenvalue weighted by molar-refractivity contribution is 5.81. The standard InChI is InChI=1S/C12H26N4O/c1-10-8-15(4)6-5-7-16(10)9-12(2,3)11(17)14-13/h10H,5-9,13H2,1-4H3,(H,14,17). The van der Waals surface area contributed by atoms with E-state index in [-0.39, 0.29) is 5.91 Å². The summed E-state index contributed by atoms with van der Waals surface area (Å²) in [6.45, 7) is 10.1. The van der Waals surface area contributed by atoms with Crippen molar-refractivity contribution in [1.29, 1.82) is 0 Å². The molecule has 0 radical (unpaired) electrons. The number of hydrogen-bond donors (Lipinski definition) is 2. The summed E-state index contributed by atoms with van der Waals surface area (Å²) in [6.07, 6.45) is 1.15. The number of hydrazine groups is 1. The third kappa shape index (κ3) is 3.94. The van der Waals surface area contributed by atoms with E-state index in [0.717, 1.165) is 32.6 Å². The average molecular weight is 242 g/mol. The van der Waals surface area contributed by atoms with Crippen LogP contribution < -0.4 is 11.3 Å². The third-order valence-corrected chi connectivity index (χ3v) is 3.53. The highest BCUT2D eigenvalue weighted by Crippen LogP contribution is 2.20. The van der Waals surface area contributed by atoms with Gasteiger partial charge in [0.25, 0.3) is 0 Å². The van der Waals surface area contributed by atoms with E-state index in [0.29, 0.717) is 6.04 Å². The monoisotopic (exact) mass is 242 g/mol. The Balaban J connectivity index is 2.63. The molecule has 0 spiro atoms. The molecular weight excluding hydrogens is 216 g/mol. The van der Waals surface area contributed by atoms with Gasteiger partial charge in [0.05, 0.1) is 5.41 Å².